The van der Waals surface area contributed by atoms with Crippen LogP contribution in [0, 0.1) is 0 Å². The first-order chi connectivity index (χ1) is 11.6. The number of likely N-dealkylation sites (tertiary alicyclic amines) is 1. The van der Waals surface area contributed by atoms with Crippen LogP contribution in [0.5, 0.6) is 0 Å². The van der Waals surface area contributed by atoms with E-state index in [1.165, 1.54) is 0 Å². The van der Waals surface area contributed by atoms with Crippen molar-refractivity contribution in [1.82, 2.24) is 9.62 Å². The van der Waals surface area contributed by atoms with Gasteiger partial charge in [0.05, 0.1) is 4.90 Å². The van der Waals surface area contributed by atoms with Crippen LogP contribution in [0.15, 0.2) is 29.2 Å². The molecule has 25 heavy (non-hydrogen) atoms. The number of nitrogens with one attached hydrogen (secondary N) is 1. The highest BCUT2D eigenvalue weighted by atomic mass is 79.9. The van der Waals surface area contributed by atoms with Crippen LogP contribution in [-0.2, 0) is 20.1 Å². The molecule has 0 spiro atoms. The number of amides is 1. The largest absolute Gasteiger partial charge is 0.444 e. The van der Waals surface area contributed by atoms with Crippen molar-refractivity contribution in [2.24, 2.45) is 0 Å². The molecule has 1 aliphatic rings. The summed E-state index contributed by atoms with van der Waals surface area (Å²) in [6.07, 6.45) is 1.02. The minimum absolute atomic E-state index is 0.228. The molecule has 1 fully saturated rings. The molecule has 1 N–H and O–H groups in total. The number of nitrogens with zero attached hydrogens (tertiary/aromatic N) is 1. The first-order valence-electron chi connectivity index (χ1n) is 8.26. The highest BCUT2D eigenvalue weighted by Crippen LogP contribution is 2.18. The second kappa shape index (κ2) is 8.05. The molecular formula is C17H25BrN2O4S. The van der Waals surface area contributed by atoms with E-state index in [0.717, 1.165) is 12.0 Å². The third kappa shape index (κ3) is 5.97. The molecule has 1 heterocycles. The fourth-order valence-corrected chi connectivity index (χ4v) is 4.25. The second-order valence-electron chi connectivity index (χ2n) is 7.16. The van der Waals surface area contributed by atoms with Crippen molar-refractivity contribution in [3.05, 3.63) is 29.8 Å². The quantitative estimate of drug-likeness (QED) is 0.740. The highest BCUT2D eigenvalue weighted by molar-refractivity contribution is 9.08. The van der Waals surface area contributed by atoms with Gasteiger partial charge in [-0.05, 0) is 51.3 Å². The molecule has 0 aromatic heterocycles. The lowest BCUT2D eigenvalue weighted by molar-refractivity contribution is 0.0195. The summed E-state index contributed by atoms with van der Waals surface area (Å²) in [6, 6.07) is 6.41. The first-order valence-corrected chi connectivity index (χ1v) is 10.9. The third-order valence-electron chi connectivity index (χ3n) is 3.78. The summed E-state index contributed by atoms with van der Waals surface area (Å²) in [5.41, 5.74) is 0.438. The molecule has 1 atom stereocenters. The predicted octanol–water partition coefficient (Wildman–Crippen LogP) is 3.26. The zero-order valence-corrected chi connectivity index (χ0v) is 17.2. The second-order valence-corrected chi connectivity index (χ2v) is 9.44. The van der Waals surface area contributed by atoms with E-state index in [9.17, 15) is 13.2 Å². The van der Waals surface area contributed by atoms with E-state index in [1.807, 2.05) is 20.8 Å². The van der Waals surface area contributed by atoms with Gasteiger partial charge >= 0.3 is 6.09 Å². The van der Waals surface area contributed by atoms with Gasteiger partial charge in [0.25, 0.3) is 0 Å². The number of sulfonamides is 1. The van der Waals surface area contributed by atoms with Gasteiger partial charge in [-0.25, -0.2) is 17.9 Å². The molecule has 1 aromatic rings. The van der Waals surface area contributed by atoms with Crippen LogP contribution in [0.1, 0.15) is 39.2 Å². The fourth-order valence-electron chi connectivity index (χ4n) is 2.61. The van der Waals surface area contributed by atoms with E-state index in [2.05, 4.69) is 20.7 Å². The molecule has 1 saturated heterocycles. The van der Waals surface area contributed by atoms with Crippen molar-refractivity contribution in [2.45, 2.75) is 55.5 Å². The van der Waals surface area contributed by atoms with Crippen molar-refractivity contribution in [2.75, 3.05) is 13.1 Å². The Labute approximate surface area is 158 Å². The summed E-state index contributed by atoms with van der Waals surface area (Å²) in [6.45, 7) is 6.32. The average Bonchev–Trinajstić information content (AvgIpc) is 2.53. The SMILES string of the molecule is CC(C)(C)OC(=O)N1CCC[C@H](NS(=O)(=O)c2ccc(CBr)cc2)C1. The standard InChI is InChI=1S/C17H25BrN2O4S/c1-17(2,3)24-16(21)20-10-4-5-14(12-20)19-25(22,23)15-8-6-13(11-18)7-9-15/h6-9,14,19H,4-5,10-12H2,1-3H3/t14-/m0/s1. The Balaban J connectivity index is 2.02. The van der Waals surface area contributed by atoms with Gasteiger partial charge in [0, 0.05) is 24.5 Å². The number of carbonyl (C=O) groups excluding carboxylic acids is 1. The Kier molecular flexibility index (Phi) is 6.51. The number of hydrogen-bond acceptors (Lipinski definition) is 4. The fraction of sp³-hybridized carbons (Fsp3) is 0.588. The number of hydrogen-bond donors (Lipinski definition) is 1. The van der Waals surface area contributed by atoms with Crippen LogP contribution in [0.4, 0.5) is 4.79 Å². The number of piperidine rings is 1. The van der Waals surface area contributed by atoms with Crippen LogP contribution in [-0.4, -0.2) is 44.1 Å². The molecular weight excluding hydrogens is 408 g/mol. The van der Waals surface area contributed by atoms with Crippen LogP contribution in [0.3, 0.4) is 0 Å². The van der Waals surface area contributed by atoms with Gasteiger partial charge in [-0.2, -0.15) is 0 Å². The van der Waals surface area contributed by atoms with Crippen LogP contribution in [0.25, 0.3) is 0 Å². The molecule has 0 saturated carbocycles. The number of halogens is 1. The molecule has 8 heteroatoms. The topological polar surface area (TPSA) is 75.7 Å². The maximum atomic E-state index is 12.5. The van der Waals surface area contributed by atoms with Gasteiger partial charge in [0.1, 0.15) is 5.60 Å². The molecule has 1 aromatic carbocycles. The molecule has 6 nitrogen and oxygen atoms in total. The molecule has 0 bridgehead atoms. The molecule has 1 amide bonds. The third-order valence-corrected chi connectivity index (χ3v) is 5.97. The van der Waals surface area contributed by atoms with Crippen molar-refractivity contribution in [3.63, 3.8) is 0 Å². The molecule has 2 rings (SSSR count). The Bertz CT molecular complexity index is 698. The maximum absolute atomic E-state index is 12.5. The molecule has 0 unspecified atom stereocenters. The average molecular weight is 433 g/mol. The lowest BCUT2D eigenvalue weighted by atomic mass is 10.1. The summed E-state index contributed by atoms with van der Waals surface area (Å²) in [5, 5.41) is 0.675. The monoisotopic (exact) mass is 432 g/mol. The minimum atomic E-state index is -3.61. The molecule has 0 aliphatic carbocycles. The van der Waals surface area contributed by atoms with Crippen LogP contribution in [0.2, 0.25) is 0 Å². The van der Waals surface area contributed by atoms with Crippen molar-refractivity contribution in [1.29, 1.82) is 0 Å². The van der Waals surface area contributed by atoms with Crippen molar-refractivity contribution >= 4 is 32.0 Å². The summed E-state index contributed by atoms with van der Waals surface area (Å²) in [7, 11) is -3.61. The zero-order chi connectivity index (χ0) is 18.7. The summed E-state index contributed by atoms with van der Waals surface area (Å²) in [5.74, 6) is 0. The van der Waals surface area contributed by atoms with Crippen molar-refractivity contribution < 1.29 is 17.9 Å². The number of carbonyl (C=O) groups is 1. The molecule has 1 aliphatic heterocycles. The number of ether oxygens (including phenoxy) is 1. The minimum Gasteiger partial charge on any atom is -0.444 e. The van der Waals surface area contributed by atoms with Crippen LogP contribution >= 0.6 is 15.9 Å². The Hall–Kier alpha value is -1.12. The maximum Gasteiger partial charge on any atom is 0.410 e. The lowest BCUT2D eigenvalue weighted by Gasteiger charge is -2.34. The van der Waals surface area contributed by atoms with Crippen LogP contribution < -0.4 is 4.72 Å². The number of rotatable bonds is 4. The summed E-state index contributed by atoms with van der Waals surface area (Å²) < 4.78 is 33.2. The van der Waals surface area contributed by atoms with E-state index in [0.29, 0.717) is 24.8 Å². The normalized spacial score (nSPS) is 18.9. The van der Waals surface area contributed by atoms with E-state index in [1.54, 1.807) is 29.2 Å². The van der Waals surface area contributed by atoms with Gasteiger partial charge in [-0.1, -0.05) is 28.1 Å². The summed E-state index contributed by atoms with van der Waals surface area (Å²) in [4.78, 5) is 14.0. The highest BCUT2D eigenvalue weighted by Gasteiger charge is 2.30. The van der Waals surface area contributed by atoms with Gasteiger partial charge in [0.2, 0.25) is 10.0 Å². The molecule has 0 radical (unpaired) electrons. The molecule has 140 valence electrons. The smallest absolute Gasteiger partial charge is 0.410 e. The number of alkyl halides is 1. The first kappa shape index (κ1) is 20.2. The van der Waals surface area contributed by atoms with E-state index in [4.69, 9.17) is 4.74 Å². The zero-order valence-electron chi connectivity index (χ0n) is 14.8. The summed E-state index contributed by atoms with van der Waals surface area (Å²) >= 11 is 3.34. The Morgan fingerprint density at radius 2 is 1.96 bits per heavy atom. The van der Waals surface area contributed by atoms with E-state index >= 15 is 0 Å². The van der Waals surface area contributed by atoms with E-state index in [-0.39, 0.29) is 10.9 Å². The van der Waals surface area contributed by atoms with Gasteiger partial charge in [-0.3, -0.25) is 0 Å². The van der Waals surface area contributed by atoms with Gasteiger partial charge in [0.15, 0.2) is 0 Å². The number of benzene rings is 1. The van der Waals surface area contributed by atoms with Gasteiger partial charge in [-0.15, -0.1) is 0 Å². The predicted molar refractivity (Wildman–Crippen MR) is 100 cm³/mol. The van der Waals surface area contributed by atoms with Gasteiger partial charge < -0.3 is 9.64 Å². The Morgan fingerprint density at radius 3 is 2.52 bits per heavy atom. The Morgan fingerprint density at radius 1 is 1.32 bits per heavy atom. The van der Waals surface area contributed by atoms with Crippen molar-refractivity contribution in [3.8, 4) is 0 Å². The lowest BCUT2D eigenvalue weighted by Crippen LogP contribution is -2.50. The van der Waals surface area contributed by atoms with E-state index < -0.39 is 21.7 Å².